The molecular formula is C25H25N7O. The molecule has 0 aliphatic rings. The number of carbonyl (C=O) groups excluding carboxylic acids is 1. The monoisotopic (exact) mass is 439 g/mol. The molecule has 0 saturated carbocycles. The molecule has 3 heterocycles. The first-order valence-corrected chi connectivity index (χ1v) is 10.9. The molecule has 1 amide bonds. The predicted octanol–water partition coefficient (Wildman–Crippen LogP) is 4.21. The van der Waals surface area contributed by atoms with Crippen molar-refractivity contribution in [1.82, 2.24) is 24.5 Å². The molecule has 2 N–H and O–H groups in total. The number of pyridine rings is 1. The molecule has 1 unspecified atom stereocenters. The maximum Gasteiger partial charge on any atom is 0.301 e. The van der Waals surface area contributed by atoms with Gasteiger partial charge in [0.25, 0.3) is 0 Å². The van der Waals surface area contributed by atoms with Crippen molar-refractivity contribution in [3.8, 4) is 11.8 Å². The highest BCUT2D eigenvalue weighted by Gasteiger charge is 2.11. The zero-order valence-corrected chi connectivity index (χ0v) is 18.4. The second kappa shape index (κ2) is 10.9. The first-order chi connectivity index (χ1) is 16.2. The van der Waals surface area contributed by atoms with Crippen LogP contribution in [0.5, 0.6) is 0 Å². The number of benzene rings is 1. The van der Waals surface area contributed by atoms with Crippen LogP contribution in [0.25, 0.3) is 10.9 Å². The van der Waals surface area contributed by atoms with Gasteiger partial charge in [-0.25, -0.2) is 19.9 Å². The van der Waals surface area contributed by atoms with Crippen LogP contribution in [0.2, 0.25) is 0 Å². The van der Waals surface area contributed by atoms with Crippen LogP contribution in [-0.4, -0.2) is 30.4 Å². The Labute approximate surface area is 192 Å². The van der Waals surface area contributed by atoms with Crippen LogP contribution in [0.1, 0.15) is 37.8 Å². The van der Waals surface area contributed by atoms with Crippen LogP contribution in [0, 0.1) is 11.8 Å². The summed E-state index contributed by atoms with van der Waals surface area (Å²) in [6, 6.07) is 11.9. The summed E-state index contributed by atoms with van der Waals surface area (Å²) in [5.41, 5.74) is 1.84. The van der Waals surface area contributed by atoms with E-state index in [-0.39, 0.29) is 11.9 Å². The van der Waals surface area contributed by atoms with E-state index in [0.29, 0.717) is 23.6 Å². The molecule has 4 aromatic rings. The third-order valence-electron chi connectivity index (χ3n) is 5.15. The number of hydrogen-bond donors (Lipinski definition) is 2. The summed E-state index contributed by atoms with van der Waals surface area (Å²) in [7, 11) is 0. The maximum absolute atomic E-state index is 12.2. The second-order valence-corrected chi connectivity index (χ2v) is 7.60. The minimum absolute atomic E-state index is 0.0511. The summed E-state index contributed by atoms with van der Waals surface area (Å²) in [5.74, 6) is 6.26. The molecule has 0 spiro atoms. The van der Waals surface area contributed by atoms with Crippen LogP contribution < -0.4 is 10.6 Å². The van der Waals surface area contributed by atoms with Crippen molar-refractivity contribution in [2.24, 2.45) is 0 Å². The standard InChI is InChI=1S/C25H25N7O/c1-19(20-9-5-4-6-10-20)30-25-21-15-23(27-16-22(21)28-17-29-25)31-24(33)11-7-2-3-8-13-32-14-12-26-18-32/h4-6,9-10,12,14-19H,2-3,8,13H2,1H3,(H,27,31,33)(H,28,29,30). The van der Waals surface area contributed by atoms with E-state index in [1.54, 1.807) is 24.8 Å². The smallest absolute Gasteiger partial charge is 0.301 e. The number of aromatic nitrogens is 5. The Bertz CT molecular complexity index is 1260. The van der Waals surface area contributed by atoms with Gasteiger partial charge in [-0.1, -0.05) is 36.3 Å². The van der Waals surface area contributed by atoms with Crippen LogP contribution in [0.3, 0.4) is 0 Å². The van der Waals surface area contributed by atoms with Crippen LogP contribution in [-0.2, 0) is 11.3 Å². The summed E-state index contributed by atoms with van der Waals surface area (Å²) in [6.07, 6.45) is 11.2. The molecule has 0 fully saturated rings. The molecule has 0 aliphatic heterocycles. The molecular weight excluding hydrogens is 414 g/mol. The summed E-state index contributed by atoms with van der Waals surface area (Å²) >= 11 is 0. The van der Waals surface area contributed by atoms with E-state index in [1.165, 1.54) is 6.33 Å². The zero-order chi connectivity index (χ0) is 22.9. The third-order valence-corrected chi connectivity index (χ3v) is 5.15. The summed E-state index contributed by atoms with van der Waals surface area (Å²) in [6.45, 7) is 2.97. The summed E-state index contributed by atoms with van der Waals surface area (Å²) < 4.78 is 2.03. The topological polar surface area (TPSA) is 97.6 Å². The van der Waals surface area contributed by atoms with E-state index in [2.05, 4.69) is 61.5 Å². The molecule has 1 atom stereocenters. The molecule has 0 radical (unpaired) electrons. The van der Waals surface area contributed by atoms with Crippen LogP contribution >= 0.6 is 0 Å². The van der Waals surface area contributed by atoms with Gasteiger partial charge >= 0.3 is 5.91 Å². The number of nitrogens with zero attached hydrogens (tertiary/aromatic N) is 5. The SMILES string of the molecule is CC(Nc1ncnc2cnc(NC(=O)C#CCCCCn3ccnc3)cc12)c1ccccc1. The van der Waals surface area contributed by atoms with Gasteiger partial charge in [-0.2, -0.15) is 0 Å². The Morgan fingerprint density at radius 1 is 1.15 bits per heavy atom. The molecule has 8 nitrogen and oxygen atoms in total. The Kier molecular flexibility index (Phi) is 7.23. The van der Waals surface area contributed by atoms with Gasteiger partial charge in [-0.3, -0.25) is 10.1 Å². The Morgan fingerprint density at radius 3 is 2.85 bits per heavy atom. The predicted molar refractivity (Wildman–Crippen MR) is 128 cm³/mol. The van der Waals surface area contributed by atoms with Crippen molar-refractivity contribution in [3.05, 3.63) is 73.2 Å². The fraction of sp³-hybridized carbons (Fsp3) is 0.240. The molecule has 0 saturated heterocycles. The highest BCUT2D eigenvalue weighted by atomic mass is 16.1. The van der Waals surface area contributed by atoms with Crippen LogP contribution in [0.4, 0.5) is 11.6 Å². The molecule has 166 valence electrons. The van der Waals surface area contributed by atoms with E-state index in [9.17, 15) is 4.79 Å². The number of aryl methyl sites for hydroxylation is 1. The average Bonchev–Trinajstić information content (AvgIpc) is 3.36. The van der Waals surface area contributed by atoms with E-state index >= 15 is 0 Å². The van der Waals surface area contributed by atoms with Crippen LogP contribution in [0.15, 0.2) is 67.6 Å². The number of anilines is 2. The number of rotatable bonds is 8. The fourth-order valence-electron chi connectivity index (χ4n) is 3.39. The summed E-state index contributed by atoms with van der Waals surface area (Å²) in [5, 5.41) is 6.94. The Balaban J connectivity index is 1.36. The number of nitrogens with one attached hydrogen (secondary N) is 2. The van der Waals surface area contributed by atoms with Crippen molar-refractivity contribution >= 4 is 28.4 Å². The maximum atomic E-state index is 12.2. The van der Waals surface area contributed by atoms with Gasteiger partial charge in [0.15, 0.2) is 0 Å². The first-order valence-electron chi connectivity index (χ1n) is 10.9. The van der Waals surface area contributed by atoms with Crippen molar-refractivity contribution in [1.29, 1.82) is 0 Å². The Morgan fingerprint density at radius 2 is 2.03 bits per heavy atom. The lowest BCUT2D eigenvalue weighted by atomic mass is 10.1. The molecule has 8 heteroatoms. The van der Waals surface area contributed by atoms with Crippen molar-refractivity contribution in [3.63, 3.8) is 0 Å². The van der Waals surface area contributed by atoms with Gasteiger partial charge in [-0.15, -0.1) is 0 Å². The van der Waals surface area contributed by atoms with Gasteiger partial charge in [0.2, 0.25) is 0 Å². The van der Waals surface area contributed by atoms with Gasteiger partial charge in [-0.05, 0) is 37.3 Å². The largest absolute Gasteiger partial charge is 0.363 e. The molecule has 0 aliphatic carbocycles. The Hall–Kier alpha value is -4.25. The molecule has 1 aromatic carbocycles. The molecule has 33 heavy (non-hydrogen) atoms. The molecule has 3 aromatic heterocycles. The number of carbonyl (C=O) groups is 1. The quantitative estimate of drug-likeness (QED) is 0.315. The molecule has 4 rings (SSSR count). The van der Waals surface area contributed by atoms with Gasteiger partial charge in [0.1, 0.15) is 18.0 Å². The zero-order valence-electron chi connectivity index (χ0n) is 18.4. The highest BCUT2D eigenvalue weighted by Crippen LogP contribution is 2.25. The van der Waals surface area contributed by atoms with E-state index in [1.807, 2.05) is 29.0 Å². The minimum atomic E-state index is -0.388. The van der Waals surface area contributed by atoms with E-state index in [4.69, 9.17) is 0 Å². The third kappa shape index (κ3) is 6.14. The van der Waals surface area contributed by atoms with Crippen molar-refractivity contribution in [2.75, 3.05) is 10.6 Å². The minimum Gasteiger partial charge on any atom is -0.363 e. The van der Waals surface area contributed by atoms with E-state index < -0.39 is 0 Å². The number of fused-ring (bicyclic) bond motifs is 1. The lowest BCUT2D eigenvalue weighted by molar-refractivity contribution is -0.111. The number of imidazole rings is 1. The summed E-state index contributed by atoms with van der Waals surface area (Å²) in [4.78, 5) is 29.2. The van der Waals surface area contributed by atoms with Gasteiger partial charge in [0.05, 0.1) is 18.0 Å². The number of amides is 1. The second-order valence-electron chi connectivity index (χ2n) is 7.60. The average molecular weight is 440 g/mol. The first kappa shape index (κ1) is 22.0. The number of unbranched alkanes of at least 4 members (excludes halogenated alkanes) is 2. The fourth-order valence-corrected chi connectivity index (χ4v) is 3.39. The van der Waals surface area contributed by atoms with Crippen molar-refractivity contribution in [2.45, 2.75) is 38.8 Å². The van der Waals surface area contributed by atoms with Gasteiger partial charge < -0.3 is 9.88 Å². The van der Waals surface area contributed by atoms with E-state index in [0.717, 1.165) is 30.3 Å². The normalized spacial score (nSPS) is 11.4. The van der Waals surface area contributed by atoms with Crippen molar-refractivity contribution < 1.29 is 4.79 Å². The van der Waals surface area contributed by atoms with Gasteiger partial charge in [0, 0.05) is 36.8 Å². The molecule has 0 bridgehead atoms. The number of hydrogen-bond acceptors (Lipinski definition) is 6. The lowest BCUT2D eigenvalue weighted by Gasteiger charge is -2.16. The highest BCUT2D eigenvalue weighted by molar-refractivity contribution is 6.04. The lowest BCUT2D eigenvalue weighted by Crippen LogP contribution is -2.11.